The second kappa shape index (κ2) is 6.39. The first-order valence-corrected chi connectivity index (χ1v) is 7.98. The lowest BCUT2D eigenvalue weighted by molar-refractivity contribution is 0.546. The van der Waals surface area contributed by atoms with Crippen LogP contribution in [0.5, 0.6) is 0 Å². The second-order valence-electron chi connectivity index (χ2n) is 5.94. The first-order valence-electron chi connectivity index (χ1n) is 7.17. The fourth-order valence-corrected chi connectivity index (χ4v) is 2.54. The van der Waals surface area contributed by atoms with Gasteiger partial charge in [0.1, 0.15) is 17.5 Å². The van der Waals surface area contributed by atoms with Crippen LogP contribution in [-0.4, -0.2) is 21.5 Å². The highest BCUT2D eigenvalue weighted by molar-refractivity contribution is 7.11. The first-order chi connectivity index (χ1) is 9.88. The zero-order chi connectivity index (χ0) is 15.5. The fourth-order valence-electron chi connectivity index (χ4n) is 1.81. The molecule has 2 N–H and O–H groups in total. The predicted molar refractivity (Wildman–Crippen MR) is 89.1 cm³/mol. The summed E-state index contributed by atoms with van der Waals surface area (Å²) in [5.74, 6) is 2.54. The number of thiazole rings is 1. The summed E-state index contributed by atoms with van der Waals surface area (Å²) in [5, 5.41) is 7.71. The average Bonchev–Trinajstić information content (AvgIpc) is 2.81. The van der Waals surface area contributed by atoms with Crippen LogP contribution in [0.15, 0.2) is 12.3 Å². The van der Waals surface area contributed by atoms with Crippen molar-refractivity contribution in [1.29, 1.82) is 0 Å². The Morgan fingerprint density at radius 1 is 1.14 bits per heavy atom. The Morgan fingerprint density at radius 2 is 1.81 bits per heavy atom. The van der Waals surface area contributed by atoms with E-state index in [1.54, 1.807) is 11.3 Å². The summed E-state index contributed by atoms with van der Waals surface area (Å²) in [6.45, 7) is 12.0. The molecule has 0 spiro atoms. The van der Waals surface area contributed by atoms with E-state index in [-0.39, 0.29) is 5.41 Å². The smallest absolute Gasteiger partial charge is 0.138 e. The lowest BCUT2D eigenvalue weighted by Crippen LogP contribution is -2.18. The standard InChI is InChI=1S/C15H23N5S/c1-6-16-12-7-13(20-14(19-12)15(3,4)5)18-9-11-8-17-10(2)21-11/h7-8H,6,9H2,1-5H3,(H2,16,18,19,20). The second-order valence-corrected chi connectivity index (χ2v) is 7.26. The molecule has 0 saturated carbocycles. The number of anilines is 2. The van der Waals surface area contributed by atoms with Gasteiger partial charge in [0.05, 0.1) is 11.6 Å². The van der Waals surface area contributed by atoms with Gasteiger partial charge >= 0.3 is 0 Å². The van der Waals surface area contributed by atoms with Gasteiger partial charge in [0.2, 0.25) is 0 Å². The van der Waals surface area contributed by atoms with E-state index in [0.29, 0.717) is 0 Å². The topological polar surface area (TPSA) is 62.7 Å². The number of aromatic nitrogens is 3. The third-order valence-electron chi connectivity index (χ3n) is 2.87. The van der Waals surface area contributed by atoms with Crippen LogP contribution in [0.2, 0.25) is 0 Å². The van der Waals surface area contributed by atoms with E-state index in [2.05, 4.69) is 53.3 Å². The molecule has 2 rings (SSSR count). The molecule has 0 aromatic carbocycles. The third kappa shape index (κ3) is 4.39. The minimum atomic E-state index is -0.0804. The van der Waals surface area contributed by atoms with Crippen molar-refractivity contribution in [1.82, 2.24) is 15.0 Å². The zero-order valence-electron chi connectivity index (χ0n) is 13.3. The Kier molecular flexibility index (Phi) is 4.77. The van der Waals surface area contributed by atoms with Gasteiger partial charge in [0.25, 0.3) is 0 Å². The van der Waals surface area contributed by atoms with E-state index in [4.69, 9.17) is 0 Å². The highest BCUT2D eigenvalue weighted by Crippen LogP contribution is 2.23. The molecule has 0 bridgehead atoms. The van der Waals surface area contributed by atoms with Gasteiger partial charge in [-0.05, 0) is 13.8 Å². The molecule has 0 atom stereocenters. The molecule has 21 heavy (non-hydrogen) atoms. The van der Waals surface area contributed by atoms with Crippen LogP contribution in [0.4, 0.5) is 11.6 Å². The molecule has 114 valence electrons. The highest BCUT2D eigenvalue weighted by atomic mass is 32.1. The molecule has 0 radical (unpaired) electrons. The van der Waals surface area contributed by atoms with E-state index >= 15 is 0 Å². The number of hydrogen-bond donors (Lipinski definition) is 2. The number of hydrogen-bond acceptors (Lipinski definition) is 6. The normalized spacial score (nSPS) is 11.5. The maximum atomic E-state index is 4.63. The highest BCUT2D eigenvalue weighted by Gasteiger charge is 2.19. The summed E-state index contributed by atoms with van der Waals surface area (Å²) in [6, 6.07) is 1.95. The van der Waals surface area contributed by atoms with Crippen molar-refractivity contribution < 1.29 is 0 Å². The minimum absolute atomic E-state index is 0.0804. The summed E-state index contributed by atoms with van der Waals surface area (Å²) in [5.41, 5.74) is -0.0804. The molecule has 5 nitrogen and oxygen atoms in total. The maximum absolute atomic E-state index is 4.63. The summed E-state index contributed by atoms with van der Waals surface area (Å²) >= 11 is 1.70. The van der Waals surface area contributed by atoms with Crippen molar-refractivity contribution in [3.05, 3.63) is 28.0 Å². The van der Waals surface area contributed by atoms with Crippen molar-refractivity contribution in [3.63, 3.8) is 0 Å². The van der Waals surface area contributed by atoms with E-state index in [1.165, 1.54) is 4.88 Å². The Morgan fingerprint density at radius 3 is 2.33 bits per heavy atom. The van der Waals surface area contributed by atoms with E-state index in [0.717, 1.165) is 35.6 Å². The third-order valence-corrected chi connectivity index (χ3v) is 3.78. The molecule has 6 heteroatoms. The lowest BCUT2D eigenvalue weighted by atomic mass is 9.96. The van der Waals surface area contributed by atoms with E-state index in [9.17, 15) is 0 Å². The molecule has 2 heterocycles. The van der Waals surface area contributed by atoms with Gasteiger partial charge in [-0.15, -0.1) is 11.3 Å². The molecule has 0 aliphatic rings. The number of aryl methyl sites for hydroxylation is 1. The Bertz CT molecular complexity index is 600. The molecule has 2 aromatic heterocycles. The Hall–Kier alpha value is -1.69. The molecule has 0 aliphatic heterocycles. The van der Waals surface area contributed by atoms with Crippen LogP contribution in [0.25, 0.3) is 0 Å². The summed E-state index contributed by atoms with van der Waals surface area (Å²) < 4.78 is 0. The van der Waals surface area contributed by atoms with Gasteiger partial charge in [-0.3, -0.25) is 0 Å². The number of nitrogens with zero attached hydrogens (tertiary/aromatic N) is 3. The number of rotatable bonds is 5. The van der Waals surface area contributed by atoms with Crippen LogP contribution in [0, 0.1) is 6.92 Å². The first kappa shape index (κ1) is 15.7. The van der Waals surface area contributed by atoms with Crippen molar-refractivity contribution in [2.75, 3.05) is 17.2 Å². The van der Waals surface area contributed by atoms with Crippen molar-refractivity contribution in [2.24, 2.45) is 0 Å². The van der Waals surface area contributed by atoms with Crippen LogP contribution in [0.1, 0.15) is 43.4 Å². The van der Waals surface area contributed by atoms with Gasteiger partial charge in [0, 0.05) is 29.1 Å². The molecule has 0 aliphatic carbocycles. The summed E-state index contributed by atoms with van der Waals surface area (Å²) in [6.07, 6.45) is 1.91. The van der Waals surface area contributed by atoms with Crippen LogP contribution >= 0.6 is 11.3 Å². The monoisotopic (exact) mass is 305 g/mol. The van der Waals surface area contributed by atoms with E-state index in [1.807, 2.05) is 19.2 Å². The molecule has 2 aromatic rings. The van der Waals surface area contributed by atoms with Gasteiger partial charge in [-0.1, -0.05) is 20.8 Å². The quantitative estimate of drug-likeness (QED) is 0.884. The van der Waals surface area contributed by atoms with E-state index < -0.39 is 0 Å². The summed E-state index contributed by atoms with van der Waals surface area (Å²) in [4.78, 5) is 14.7. The molecule has 0 unspecified atom stereocenters. The zero-order valence-corrected chi connectivity index (χ0v) is 14.1. The summed E-state index contributed by atoms with van der Waals surface area (Å²) in [7, 11) is 0. The Balaban J connectivity index is 2.19. The fraction of sp³-hybridized carbons (Fsp3) is 0.533. The van der Waals surface area contributed by atoms with Gasteiger partial charge in [-0.25, -0.2) is 15.0 Å². The Labute approximate surface area is 130 Å². The minimum Gasteiger partial charge on any atom is -0.370 e. The van der Waals surface area contributed by atoms with Crippen molar-refractivity contribution >= 4 is 23.0 Å². The largest absolute Gasteiger partial charge is 0.370 e. The predicted octanol–water partition coefficient (Wildman–Crippen LogP) is 3.58. The lowest BCUT2D eigenvalue weighted by Gasteiger charge is -2.19. The van der Waals surface area contributed by atoms with Crippen molar-refractivity contribution in [3.8, 4) is 0 Å². The maximum Gasteiger partial charge on any atom is 0.138 e. The molecular formula is C15H23N5S. The van der Waals surface area contributed by atoms with Crippen LogP contribution in [0.3, 0.4) is 0 Å². The SMILES string of the molecule is CCNc1cc(NCc2cnc(C)s2)nc(C(C)(C)C)n1. The number of nitrogens with one attached hydrogen (secondary N) is 2. The molecule has 0 saturated heterocycles. The molecule has 0 amide bonds. The van der Waals surface area contributed by atoms with Gasteiger partial charge in [-0.2, -0.15) is 0 Å². The average molecular weight is 305 g/mol. The van der Waals surface area contributed by atoms with Crippen LogP contribution < -0.4 is 10.6 Å². The van der Waals surface area contributed by atoms with Crippen molar-refractivity contribution in [2.45, 2.75) is 46.6 Å². The van der Waals surface area contributed by atoms with Crippen LogP contribution in [-0.2, 0) is 12.0 Å². The van der Waals surface area contributed by atoms with Gasteiger partial charge < -0.3 is 10.6 Å². The van der Waals surface area contributed by atoms with Gasteiger partial charge in [0.15, 0.2) is 0 Å². The molecule has 0 fully saturated rings. The molecular weight excluding hydrogens is 282 g/mol.